The molecule has 0 bridgehead atoms. The summed E-state index contributed by atoms with van der Waals surface area (Å²) in [5, 5.41) is 9.98. The van der Waals surface area contributed by atoms with Gasteiger partial charge in [0.2, 0.25) is 0 Å². The lowest BCUT2D eigenvalue weighted by Crippen LogP contribution is -2.18. The summed E-state index contributed by atoms with van der Waals surface area (Å²) in [6.45, 7) is 4.31. The summed E-state index contributed by atoms with van der Waals surface area (Å²) in [6.07, 6.45) is 2.09. The molecule has 1 N–H and O–H groups in total. The Labute approximate surface area is 113 Å². The molecule has 3 atom stereocenters. The molecule has 0 spiro atoms. The first-order chi connectivity index (χ1) is 8.56. The molecule has 0 aromatic heterocycles. The summed E-state index contributed by atoms with van der Waals surface area (Å²) in [5.41, 5.74) is 0.790. The third-order valence-electron chi connectivity index (χ3n) is 3.18. The topological polar surface area (TPSA) is 38.7 Å². The number of halogens is 1. The van der Waals surface area contributed by atoms with Gasteiger partial charge in [-0.2, -0.15) is 0 Å². The number of hydrogen-bond acceptors (Lipinski definition) is 3. The number of rotatable bonds is 4. The fraction of sp³-hybridized carbons (Fsp3) is 0.571. The van der Waals surface area contributed by atoms with Gasteiger partial charge in [-0.15, -0.1) is 0 Å². The molecule has 3 nitrogen and oxygen atoms in total. The van der Waals surface area contributed by atoms with Crippen molar-refractivity contribution in [2.24, 2.45) is 0 Å². The van der Waals surface area contributed by atoms with E-state index in [0.717, 1.165) is 18.4 Å². The number of ether oxygens (including phenoxy) is 2. The highest BCUT2D eigenvalue weighted by atomic mass is 35.5. The maximum atomic E-state index is 9.45. The van der Waals surface area contributed by atoms with E-state index in [1.165, 1.54) is 0 Å². The fourth-order valence-electron chi connectivity index (χ4n) is 2.08. The van der Waals surface area contributed by atoms with Crippen molar-refractivity contribution in [1.82, 2.24) is 0 Å². The van der Waals surface area contributed by atoms with Crippen LogP contribution in [0, 0.1) is 0 Å². The van der Waals surface area contributed by atoms with Crippen LogP contribution in [-0.4, -0.2) is 23.9 Å². The molecule has 1 fully saturated rings. The average Bonchev–Trinajstić information content (AvgIpc) is 2.73. The molecule has 1 aromatic carbocycles. The van der Waals surface area contributed by atoms with Crippen molar-refractivity contribution in [1.29, 1.82) is 0 Å². The Hall–Kier alpha value is -0.770. The minimum Gasteiger partial charge on any atom is -0.489 e. The predicted octanol–water partition coefficient (Wildman–Crippen LogP) is 3.34. The van der Waals surface area contributed by atoms with Crippen molar-refractivity contribution < 1.29 is 14.6 Å². The molecule has 1 aromatic rings. The molecule has 0 radical (unpaired) electrons. The quantitative estimate of drug-likeness (QED) is 0.912. The van der Waals surface area contributed by atoms with Crippen LogP contribution < -0.4 is 4.74 Å². The molecular formula is C14H19ClO3. The molecule has 100 valence electrons. The minimum atomic E-state index is -0.518. The smallest absolute Gasteiger partial charge is 0.138 e. The van der Waals surface area contributed by atoms with Gasteiger partial charge in [-0.1, -0.05) is 17.7 Å². The standard InChI is InChI=1S/C14H19ClO3/c1-9-3-5-12(18-9)8-17-14-6-4-11(10(2)16)7-13(14)15/h4,6-7,9-10,12,16H,3,5,8H2,1-2H3/t9?,10-,12?/m0/s1. The lowest BCUT2D eigenvalue weighted by atomic mass is 10.1. The Bertz CT molecular complexity index is 406. The maximum Gasteiger partial charge on any atom is 0.138 e. The van der Waals surface area contributed by atoms with E-state index in [1.54, 1.807) is 19.1 Å². The molecule has 1 heterocycles. The van der Waals surface area contributed by atoms with Gasteiger partial charge in [-0.05, 0) is 44.4 Å². The Morgan fingerprint density at radius 2 is 2.28 bits per heavy atom. The number of aliphatic hydroxyl groups excluding tert-OH is 1. The van der Waals surface area contributed by atoms with Gasteiger partial charge in [0.15, 0.2) is 0 Å². The van der Waals surface area contributed by atoms with Crippen LogP contribution >= 0.6 is 11.6 Å². The number of hydrogen-bond donors (Lipinski definition) is 1. The van der Waals surface area contributed by atoms with Crippen LogP contribution in [0.2, 0.25) is 5.02 Å². The molecule has 0 aliphatic carbocycles. The van der Waals surface area contributed by atoms with Gasteiger partial charge in [0.05, 0.1) is 23.3 Å². The lowest BCUT2D eigenvalue weighted by Gasteiger charge is -2.14. The predicted molar refractivity (Wildman–Crippen MR) is 71.1 cm³/mol. The molecule has 1 aliphatic rings. The highest BCUT2D eigenvalue weighted by Gasteiger charge is 2.22. The SMILES string of the molecule is CC1CCC(COc2ccc([C@H](C)O)cc2Cl)O1. The van der Waals surface area contributed by atoms with Gasteiger partial charge in [0.1, 0.15) is 12.4 Å². The van der Waals surface area contributed by atoms with E-state index < -0.39 is 6.10 Å². The molecule has 1 saturated heterocycles. The summed E-state index contributed by atoms with van der Waals surface area (Å²) in [4.78, 5) is 0. The third kappa shape index (κ3) is 3.37. The molecule has 1 aliphatic heterocycles. The largest absolute Gasteiger partial charge is 0.489 e. The van der Waals surface area contributed by atoms with Gasteiger partial charge >= 0.3 is 0 Å². The van der Waals surface area contributed by atoms with Gasteiger partial charge in [0.25, 0.3) is 0 Å². The van der Waals surface area contributed by atoms with Crippen molar-refractivity contribution in [2.75, 3.05) is 6.61 Å². The van der Waals surface area contributed by atoms with Crippen molar-refractivity contribution in [3.63, 3.8) is 0 Å². The third-order valence-corrected chi connectivity index (χ3v) is 3.48. The van der Waals surface area contributed by atoms with E-state index in [-0.39, 0.29) is 6.10 Å². The van der Waals surface area contributed by atoms with E-state index in [2.05, 4.69) is 6.92 Å². The normalized spacial score (nSPS) is 25.1. The fourth-order valence-corrected chi connectivity index (χ4v) is 2.33. The Kier molecular flexibility index (Phi) is 4.49. The lowest BCUT2D eigenvalue weighted by molar-refractivity contribution is 0.0265. The molecule has 18 heavy (non-hydrogen) atoms. The summed E-state index contributed by atoms with van der Waals surface area (Å²) < 4.78 is 11.3. The number of benzene rings is 1. The first-order valence-electron chi connectivity index (χ1n) is 6.32. The van der Waals surface area contributed by atoms with Crippen LogP contribution in [0.4, 0.5) is 0 Å². The van der Waals surface area contributed by atoms with E-state index >= 15 is 0 Å². The minimum absolute atomic E-state index is 0.160. The summed E-state index contributed by atoms with van der Waals surface area (Å²) in [6, 6.07) is 5.35. The van der Waals surface area contributed by atoms with Crippen LogP contribution in [0.25, 0.3) is 0 Å². The average molecular weight is 271 g/mol. The zero-order valence-corrected chi connectivity index (χ0v) is 11.5. The Morgan fingerprint density at radius 1 is 1.50 bits per heavy atom. The summed E-state index contributed by atoms with van der Waals surface area (Å²) in [7, 11) is 0. The van der Waals surface area contributed by atoms with Gasteiger partial charge in [0, 0.05) is 0 Å². The van der Waals surface area contributed by atoms with Gasteiger partial charge in [-0.25, -0.2) is 0 Å². The first kappa shape index (κ1) is 13.7. The molecule has 0 saturated carbocycles. The van der Waals surface area contributed by atoms with Crippen LogP contribution in [0.15, 0.2) is 18.2 Å². The highest BCUT2D eigenvalue weighted by Crippen LogP contribution is 2.29. The van der Waals surface area contributed by atoms with Crippen molar-refractivity contribution in [2.45, 2.75) is 45.0 Å². The van der Waals surface area contributed by atoms with Gasteiger partial charge < -0.3 is 14.6 Å². The second kappa shape index (κ2) is 5.91. The first-order valence-corrected chi connectivity index (χ1v) is 6.70. The van der Waals surface area contributed by atoms with Crippen LogP contribution in [-0.2, 0) is 4.74 Å². The maximum absolute atomic E-state index is 9.45. The monoisotopic (exact) mass is 270 g/mol. The molecular weight excluding hydrogens is 252 g/mol. The number of aliphatic hydroxyl groups is 1. The van der Waals surface area contributed by atoms with Crippen molar-refractivity contribution in [3.05, 3.63) is 28.8 Å². The molecule has 2 rings (SSSR count). The van der Waals surface area contributed by atoms with E-state index in [4.69, 9.17) is 21.1 Å². The highest BCUT2D eigenvalue weighted by molar-refractivity contribution is 6.32. The Balaban J connectivity index is 1.93. The zero-order valence-electron chi connectivity index (χ0n) is 10.7. The molecule has 0 amide bonds. The van der Waals surface area contributed by atoms with E-state index in [9.17, 15) is 5.11 Å². The summed E-state index contributed by atoms with van der Waals surface area (Å²) >= 11 is 6.11. The van der Waals surface area contributed by atoms with Crippen molar-refractivity contribution in [3.8, 4) is 5.75 Å². The zero-order chi connectivity index (χ0) is 13.1. The second-order valence-electron chi connectivity index (χ2n) is 4.82. The summed E-state index contributed by atoms with van der Waals surface area (Å²) in [5.74, 6) is 0.643. The van der Waals surface area contributed by atoms with Crippen LogP contribution in [0.5, 0.6) is 5.75 Å². The van der Waals surface area contributed by atoms with E-state index in [0.29, 0.717) is 23.5 Å². The van der Waals surface area contributed by atoms with Crippen LogP contribution in [0.3, 0.4) is 0 Å². The molecule has 2 unspecified atom stereocenters. The van der Waals surface area contributed by atoms with Gasteiger partial charge in [-0.3, -0.25) is 0 Å². The Morgan fingerprint density at radius 3 is 2.83 bits per heavy atom. The van der Waals surface area contributed by atoms with Crippen molar-refractivity contribution >= 4 is 11.6 Å². The molecule has 4 heteroatoms. The van der Waals surface area contributed by atoms with Crippen LogP contribution in [0.1, 0.15) is 38.4 Å². The second-order valence-corrected chi connectivity index (χ2v) is 5.23. The van der Waals surface area contributed by atoms with E-state index in [1.807, 2.05) is 6.07 Å².